The van der Waals surface area contributed by atoms with Gasteiger partial charge in [0.15, 0.2) is 0 Å². The van der Waals surface area contributed by atoms with Gasteiger partial charge in [0, 0.05) is 20.0 Å². The summed E-state index contributed by atoms with van der Waals surface area (Å²) in [5, 5.41) is 2.67. The summed E-state index contributed by atoms with van der Waals surface area (Å²) in [6.07, 6.45) is 4.60. The molecule has 0 radical (unpaired) electrons. The van der Waals surface area contributed by atoms with Gasteiger partial charge in [-0.05, 0) is 37.4 Å². The molecule has 1 aliphatic rings. The minimum atomic E-state index is 0.104. The van der Waals surface area contributed by atoms with Crippen molar-refractivity contribution in [1.82, 2.24) is 10.2 Å². The smallest absolute Gasteiger partial charge is 0.221 e. The van der Waals surface area contributed by atoms with Crippen LogP contribution in [0.5, 0.6) is 0 Å². The second-order valence-corrected chi connectivity index (χ2v) is 5.12. The average molecular weight is 250 g/mol. The van der Waals surface area contributed by atoms with Gasteiger partial charge in [-0.15, -0.1) is 0 Å². The Bertz CT molecular complexity index is 375. The van der Waals surface area contributed by atoms with E-state index in [2.05, 4.69) is 17.1 Å². The molecule has 0 spiro atoms. The maximum atomic E-state index is 11.4. The molecular formula is C14H22N2O2. The highest BCUT2D eigenvalue weighted by molar-refractivity contribution is 5.75. The van der Waals surface area contributed by atoms with E-state index in [1.165, 1.54) is 6.42 Å². The summed E-state index contributed by atoms with van der Waals surface area (Å²) in [5.41, 5.74) is 0. The molecule has 1 fully saturated rings. The Morgan fingerprint density at radius 2 is 2.44 bits per heavy atom. The maximum absolute atomic E-state index is 11.4. The number of nitrogens with one attached hydrogen (secondary N) is 1. The van der Waals surface area contributed by atoms with Gasteiger partial charge in [0.2, 0.25) is 5.91 Å². The minimum absolute atomic E-state index is 0.104. The molecule has 1 aromatic rings. The molecule has 0 unspecified atom stereocenters. The fourth-order valence-electron chi connectivity index (χ4n) is 2.60. The standard InChI is InChI=1S/C14H22N2O2/c1-11-5-7-16(8-6-14(17)15-2)12(10-11)13-4-3-9-18-13/h3-4,9,11-12H,5-8,10H2,1-2H3,(H,15,17)/t11-,12+/m1/s1. The molecule has 2 rings (SSSR count). The summed E-state index contributed by atoms with van der Waals surface area (Å²) < 4.78 is 5.54. The molecule has 100 valence electrons. The first-order chi connectivity index (χ1) is 8.70. The third-order valence-electron chi connectivity index (χ3n) is 3.75. The summed E-state index contributed by atoms with van der Waals surface area (Å²) in [5.74, 6) is 1.85. The van der Waals surface area contributed by atoms with Gasteiger partial charge in [0.1, 0.15) is 5.76 Å². The number of carbonyl (C=O) groups excluding carboxylic acids is 1. The van der Waals surface area contributed by atoms with Crippen molar-refractivity contribution in [3.8, 4) is 0 Å². The number of hydrogen-bond acceptors (Lipinski definition) is 3. The van der Waals surface area contributed by atoms with Crippen molar-refractivity contribution < 1.29 is 9.21 Å². The van der Waals surface area contributed by atoms with Crippen LogP contribution in [0.2, 0.25) is 0 Å². The first kappa shape index (κ1) is 13.1. The highest BCUT2D eigenvalue weighted by Crippen LogP contribution is 2.34. The Morgan fingerprint density at radius 3 is 3.11 bits per heavy atom. The van der Waals surface area contributed by atoms with Crippen molar-refractivity contribution in [3.05, 3.63) is 24.2 Å². The Hall–Kier alpha value is -1.29. The number of carbonyl (C=O) groups is 1. The van der Waals surface area contributed by atoms with Crippen molar-refractivity contribution in [2.45, 2.75) is 32.2 Å². The summed E-state index contributed by atoms with van der Waals surface area (Å²) in [7, 11) is 1.69. The number of nitrogens with zero attached hydrogens (tertiary/aromatic N) is 1. The molecule has 2 heterocycles. The Kier molecular flexibility index (Phi) is 4.42. The minimum Gasteiger partial charge on any atom is -0.468 e. The Balaban J connectivity index is 2.00. The molecule has 1 amide bonds. The van der Waals surface area contributed by atoms with E-state index in [-0.39, 0.29) is 5.91 Å². The number of furan rings is 1. The van der Waals surface area contributed by atoms with Gasteiger partial charge in [-0.2, -0.15) is 0 Å². The van der Waals surface area contributed by atoms with E-state index < -0.39 is 0 Å². The summed E-state index contributed by atoms with van der Waals surface area (Å²) >= 11 is 0. The lowest BCUT2D eigenvalue weighted by molar-refractivity contribution is -0.121. The number of likely N-dealkylation sites (tertiary alicyclic amines) is 1. The molecule has 0 bridgehead atoms. The zero-order valence-corrected chi connectivity index (χ0v) is 11.2. The van der Waals surface area contributed by atoms with Gasteiger partial charge in [-0.25, -0.2) is 0 Å². The summed E-state index contributed by atoms with van der Waals surface area (Å²) in [4.78, 5) is 13.7. The fourth-order valence-corrected chi connectivity index (χ4v) is 2.60. The third-order valence-corrected chi connectivity index (χ3v) is 3.75. The van der Waals surface area contributed by atoms with Crippen LogP contribution in [0.3, 0.4) is 0 Å². The molecule has 2 atom stereocenters. The maximum Gasteiger partial charge on any atom is 0.221 e. The van der Waals surface area contributed by atoms with Crippen molar-refractivity contribution in [3.63, 3.8) is 0 Å². The van der Waals surface area contributed by atoms with Crippen molar-refractivity contribution in [1.29, 1.82) is 0 Å². The number of piperidine rings is 1. The van der Waals surface area contributed by atoms with Crippen LogP contribution in [-0.4, -0.2) is 30.9 Å². The third kappa shape index (κ3) is 3.13. The number of rotatable bonds is 4. The molecule has 18 heavy (non-hydrogen) atoms. The lowest BCUT2D eigenvalue weighted by Gasteiger charge is -2.37. The van der Waals surface area contributed by atoms with Crippen LogP contribution in [0.15, 0.2) is 22.8 Å². The van der Waals surface area contributed by atoms with Crippen molar-refractivity contribution in [2.24, 2.45) is 5.92 Å². The summed E-state index contributed by atoms with van der Waals surface area (Å²) in [6, 6.07) is 4.30. The van der Waals surface area contributed by atoms with E-state index in [0.717, 1.165) is 31.2 Å². The molecular weight excluding hydrogens is 228 g/mol. The van der Waals surface area contributed by atoms with E-state index in [0.29, 0.717) is 12.5 Å². The van der Waals surface area contributed by atoms with E-state index in [1.807, 2.05) is 12.1 Å². The first-order valence-corrected chi connectivity index (χ1v) is 6.68. The molecule has 0 aliphatic carbocycles. The van der Waals surface area contributed by atoms with Crippen LogP contribution in [-0.2, 0) is 4.79 Å². The zero-order chi connectivity index (χ0) is 13.0. The Labute approximate surface area is 108 Å². The second kappa shape index (κ2) is 6.05. The van der Waals surface area contributed by atoms with Crippen LogP contribution in [0.4, 0.5) is 0 Å². The fraction of sp³-hybridized carbons (Fsp3) is 0.643. The molecule has 1 N–H and O–H groups in total. The molecule has 0 saturated carbocycles. The van der Waals surface area contributed by atoms with Gasteiger partial charge >= 0.3 is 0 Å². The predicted octanol–water partition coefficient (Wildman–Crippen LogP) is 2.19. The SMILES string of the molecule is CNC(=O)CCN1CC[C@@H](C)C[C@H]1c1ccco1. The molecule has 1 saturated heterocycles. The lowest BCUT2D eigenvalue weighted by atomic mass is 9.91. The van der Waals surface area contributed by atoms with Crippen LogP contribution >= 0.6 is 0 Å². The molecule has 0 aromatic carbocycles. The van der Waals surface area contributed by atoms with Crippen LogP contribution < -0.4 is 5.32 Å². The van der Waals surface area contributed by atoms with Crippen molar-refractivity contribution >= 4 is 5.91 Å². The lowest BCUT2D eigenvalue weighted by Crippen LogP contribution is -2.38. The number of amides is 1. The van der Waals surface area contributed by atoms with Gasteiger partial charge in [0.05, 0.1) is 12.3 Å². The van der Waals surface area contributed by atoms with E-state index in [9.17, 15) is 4.79 Å². The molecule has 4 nitrogen and oxygen atoms in total. The molecule has 4 heteroatoms. The average Bonchev–Trinajstić information content (AvgIpc) is 2.90. The topological polar surface area (TPSA) is 45.5 Å². The molecule has 1 aliphatic heterocycles. The predicted molar refractivity (Wildman–Crippen MR) is 70.1 cm³/mol. The largest absolute Gasteiger partial charge is 0.468 e. The van der Waals surface area contributed by atoms with Crippen LogP contribution in [0.25, 0.3) is 0 Å². The van der Waals surface area contributed by atoms with Gasteiger partial charge in [-0.3, -0.25) is 9.69 Å². The second-order valence-electron chi connectivity index (χ2n) is 5.12. The highest BCUT2D eigenvalue weighted by atomic mass is 16.3. The highest BCUT2D eigenvalue weighted by Gasteiger charge is 2.29. The number of hydrogen-bond donors (Lipinski definition) is 1. The Morgan fingerprint density at radius 1 is 1.61 bits per heavy atom. The van der Waals surface area contributed by atoms with Crippen LogP contribution in [0, 0.1) is 5.92 Å². The van der Waals surface area contributed by atoms with Crippen LogP contribution in [0.1, 0.15) is 38.0 Å². The van der Waals surface area contributed by atoms with Gasteiger partial charge in [-0.1, -0.05) is 6.92 Å². The van der Waals surface area contributed by atoms with Gasteiger partial charge in [0.25, 0.3) is 0 Å². The van der Waals surface area contributed by atoms with E-state index >= 15 is 0 Å². The van der Waals surface area contributed by atoms with E-state index in [1.54, 1.807) is 13.3 Å². The summed E-state index contributed by atoms with van der Waals surface area (Å²) in [6.45, 7) is 4.13. The quantitative estimate of drug-likeness (QED) is 0.891. The first-order valence-electron chi connectivity index (χ1n) is 6.68. The van der Waals surface area contributed by atoms with E-state index in [4.69, 9.17) is 4.42 Å². The zero-order valence-electron chi connectivity index (χ0n) is 11.2. The monoisotopic (exact) mass is 250 g/mol. The normalized spacial score (nSPS) is 25.0. The van der Waals surface area contributed by atoms with Gasteiger partial charge < -0.3 is 9.73 Å². The van der Waals surface area contributed by atoms with Crippen molar-refractivity contribution in [2.75, 3.05) is 20.1 Å². The molecule has 1 aromatic heterocycles.